The zero-order valence-corrected chi connectivity index (χ0v) is 16.1. The summed E-state index contributed by atoms with van der Waals surface area (Å²) in [5.74, 6) is -0.450. The fraction of sp³-hybridized carbons (Fsp3) is 0.333. The van der Waals surface area contributed by atoms with Crippen LogP contribution >= 0.6 is 0 Å². The van der Waals surface area contributed by atoms with E-state index in [-0.39, 0.29) is 17.9 Å². The van der Waals surface area contributed by atoms with Gasteiger partial charge in [-0.1, -0.05) is 30.3 Å². The van der Waals surface area contributed by atoms with Gasteiger partial charge in [0.1, 0.15) is 18.1 Å². The number of benzene rings is 2. The Morgan fingerprint density at radius 3 is 2.26 bits per heavy atom. The molecule has 0 aliphatic carbocycles. The van der Waals surface area contributed by atoms with Crippen molar-refractivity contribution in [1.29, 1.82) is 0 Å². The molecule has 0 fully saturated rings. The van der Waals surface area contributed by atoms with Gasteiger partial charge in [0.15, 0.2) is 5.60 Å². The predicted octanol–water partition coefficient (Wildman–Crippen LogP) is 3.39. The predicted molar refractivity (Wildman–Crippen MR) is 102 cm³/mol. The SMILES string of the molecule is CCOC(=O)C(C)(C)Oc1ccc(OCc2ccccc2)c(C)c1C(N)=O. The van der Waals surface area contributed by atoms with Crippen LogP contribution in [0.4, 0.5) is 0 Å². The minimum Gasteiger partial charge on any atom is -0.489 e. The molecule has 6 heteroatoms. The number of nitrogens with two attached hydrogens (primary N) is 1. The zero-order chi connectivity index (χ0) is 20.0. The molecular formula is C21H25NO5. The number of hydrogen-bond donors (Lipinski definition) is 1. The molecule has 0 spiro atoms. The minimum absolute atomic E-state index is 0.179. The highest BCUT2D eigenvalue weighted by Gasteiger charge is 2.33. The van der Waals surface area contributed by atoms with Crippen LogP contribution in [0.25, 0.3) is 0 Å². The first-order valence-corrected chi connectivity index (χ1v) is 8.72. The third-order valence-electron chi connectivity index (χ3n) is 3.99. The van der Waals surface area contributed by atoms with E-state index in [1.165, 1.54) is 0 Å². The zero-order valence-electron chi connectivity index (χ0n) is 16.1. The van der Waals surface area contributed by atoms with Crippen molar-refractivity contribution in [2.45, 2.75) is 39.9 Å². The molecule has 6 nitrogen and oxygen atoms in total. The molecule has 0 saturated carbocycles. The molecule has 2 aromatic rings. The molecule has 27 heavy (non-hydrogen) atoms. The van der Waals surface area contributed by atoms with Gasteiger partial charge in [0.05, 0.1) is 12.2 Å². The average molecular weight is 371 g/mol. The first kappa shape index (κ1) is 20.3. The highest BCUT2D eigenvalue weighted by Crippen LogP contribution is 2.32. The molecular weight excluding hydrogens is 346 g/mol. The molecule has 1 amide bonds. The Morgan fingerprint density at radius 2 is 1.67 bits per heavy atom. The first-order valence-electron chi connectivity index (χ1n) is 8.72. The van der Waals surface area contributed by atoms with Crippen LogP contribution in [-0.2, 0) is 16.1 Å². The maximum atomic E-state index is 12.1. The molecule has 2 aromatic carbocycles. The van der Waals surface area contributed by atoms with Crippen LogP contribution in [0.15, 0.2) is 42.5 Å². The fourth-order valence-corrected chi connectivity index (χ4v) is 2.57. The number of ether oxygens (including phenoxy) is 3. The van der Waals surface area contributed by atoms with E-state index in [1.54, 1.807) is 39.8 Å². The van der Waals surface area contributed by atoms with Crippen LogP contribution in [0.5, 0.6) is 11.5 Å². The Morgan fingerprint density at radius 1 is 1.04 bits per heavy atom. The summed E-state index contributed by atoms with van der Waals surface area (Å²) < 4.78 is 16.6. The van der Waals surface area contributed by atoms with Gasteiger partial charge in [-0.15, -0.1) is 0 Å². The topological polar surface area (TPSA) is 87.8 Å². The van der Waals surface area contributed by atoms with Crippen molar-refractivity contribution >= 4 is 11.9 Å². The lowest BCUT2D eigenvalue weighted by Crippen LogP contribution is -2.40. The molecule has 0 aliphatic heterocycles. The molecule has 0 saturated heterocycles. The molecule has 0 radical (unpaired) electrons. The fourth-order valence-electron chi connectivity index (χ4n) is 2.57. The highest BCUT2D eigenvalue weighted by atomic mass is 16.6. The Hall–Kier alpha value is -3.02. The van der Waals surface area contributed by atoms with Gasteiger partial charge in [-0.3, -0.25) is 4.79 Å². The average Bonchev–Trinajstić information content (AvgIpc) is 2.61. The van der Waals surface area contributed by atoms with E-state index in [0.717, 1.165) is 5.56 Å². The van der Waals surface area contributed by atoms with Crippen molar-refractivity contribution in [3.63, 3.8) is 0 Å². The van der Waals surface area contributed by atoms with E-state index in [0.29, 0.717) is 17.9 Å². The maximum Gasteiger partial charge on any atom is 0.349 e. The normalized spacial score (nSPS) is 11.0. The van der Waals surface area contributed by atoms with Gasteiger partial charge in [0.2, 0.25) is 0 Å². The van der Waals surface area contributed by atoms with Gasteiger partial charge >= 0.3 is 5.97 Å². The summed E-state index contributed by atoms with van der Waals surface area (Å²) >= 11 is 0. The van der Waals surface area contributed by atoms with Crippen LogP contribution in [0.2, 0.25) is 0 Å². The highest BCUT2D eigenvalue weighted by molar-refractivity contribution is 5.98. The molecule has 0 unspecified atom stereocenters. The summed E-state index contributed by atoms with van der Waals surface area (Å²) in [6.45, 7) is 7.18. The van der Waals surface area contributed by atoms with Gasteiger partial charge in [0.25, 0.3) is 5.91 Å². The van der Waals surface area contributed by atoms with Crippen LogP contribution in [0.3, 0.4) is 0 Å². The third kappa shape index (κ3) is 5.00. The first-order chi connectivity index (χ1) is 12.8. The summed E-state index contributed by atoms with van der Waals surface area (Å²) in [5, 5.41) is 0. The number of rotatable bonds is 8. The van der Waals surface area contributed by atoms with Crippen LogP contribution in [0, 0.1) is 6.92 Å². The molecule has 2 rings (SSSR count). The van der Waals surface area contributed by atoms with Crippen molar-refractivity contribution in [3.8, 4) is 11.5 Å². The summed E-state index contributed by atoms with van der Waals surface area (Å²) in [5.41, 5.74) is 6.02. The number of hydrogen-bond acceptors (Lipinski definition) is 5. The monoisotopic (exact) mass is 371 g/mol. The number of esters is 1. The summed E-state index contributed by atoms with van der Waals surface area (Å²) in [6, 6.07) is 12.9. The lowest BCUT2D eigenvalue weighted by atomic mass is 10.0. The van der Waals surface area contributed by atoms with Crippen molar-refractivity contribution in [3.05, 3.63) is 59.2 Å². The standard InChI is InChI=1S/C21H25NO5/c1-5-25-20(24)21(3,4)27-17-12-11-16(14(2)18(17)19(22)23)26-13-15-9-7-6-8-10-15/h6-12H,5,13H2,1-4H3,(H2,22,23). The van der Waals surface area contributed by atoms with E-state index < -0.39 is 17.5 Å². The van der Waals surface area contributed by atoms with Crippen LogP contribution < -0.4 is 15.2 Å². The number of carbonyl (C=O) groups excluding carboxylic acids is 2. The quantitative estimate of drug-likeness (QED) is 0.719. The lowest BCUT2D eigenvalue weighted by molar-refractivity contribution is -0.158. The van der Waals surface area contributed by atoms with Crippen molar-refractivity contribution < 1.29 is 23.8 Å². The molecule has 0 aliphatic rings. The van der Waals surface area contributed by atoms with E-state index in [9.17, 15) is 9.59 Å². The van der Waals surface area contributed by atoms with E-state index >= 15 is 0 Å². The Labute approximate surface area is 159 Å². The largest absolute Gasteiger partial charge is 0.489 e. The van der Waals surface area contributed by atoms with Crippen LogP contribution in [0.1, 0.15) is 42.3 Å². The van der Waals surface area contributed by atoms with E-state index in [4.69, 9.17) is 19.9 Å². The van der Waals surface area contributed by atoms with Gasteiger partial charge in [-0.05, 0) is 45.4 Å². The second kappa shape index (κ2) is 8.58. The van der Waals surface area contributed by atoms with Gasteiger partial charge in [0, 0.05) is 5.56 Å². The third-order valence-corrected chi connectivity index (χ3v) is 3.99. The van der Waals surface area contributed by atoms with E-state index in [1.807, 2.05) is 30.3 Å². The minimum atomic E-state index is -1.26. The molecule has 2 N–H and O–H groups in total. The van der Waals surface area contributed by atoms with Crippen molar-refractivity contribution in [2.75, 3.05) is 6.61 Å². The smallest absolute Gasteiger partial charge is 0.349 e. The van der Waals surface area contributed by atoms with Gasteiger partial charge in [-0.25, -0.2) is 4.79 Å². The Balaban J connectivity index is 2.28. The molecule has 0 atom stereocenters. The molecule has 0 aromatic heterocycles. The Kier molecular flexibility index (Phi) is 6.45. The molecule has 144 valence electrons. The van der Waals surface area contributed by atoms with Gasteiger partial charge in [-0.2, -0.15) is 0 Å². The summed E-state index contributed by atoms with van der Waals surface area (Å²) in [4.78, 5) is 24.1. The van der Waals surface area contributed by atoms with Crippen LogP contribution in [-0.4, -0.2) is 24.1 Å². The maximum absolute atomic E-state index is 12.1. The van der Waals surface area contributed by atoms with Crippen molar-refractivity contribution in [2.24, 2.45) is 5.73 Å². The Bertz CT molecular complexity index is 815. The lowest BCUT2D eigenvalue weighted by Gasteiger charge is -2.26. The van der Waals surface area contributed by atoms with Crippen molar-refractivity contribution in [1.82, 2.24) is 0 Å². The number of amides is 1. The van der Waals surface area contributed by atoms with Gasteiger partial charge < -0.3 is 19.9 Å². The summed E-state index contributed by atoms with van der Waals surface area (Å²) in [6.07, 6.45) is 0. The summed E-state index contributed by atoms with van der Waals surface area (Å²) in [7, 11) is 0. The second-order valence-electron chi connectivity index (χ2n) is 6.53. The van der Waals surface area contributed by atoms with E-state index in [2.05, 4.69) is 0 Å². The number of carbonyl (C=O) groups is 2. The molecule has 0 heterocycles. The number of primary amides is 1. The second-order valence-corrected chi connectivity index (χ2v) is 6.53. The molecule has 0 bridgehead atoms.